The molecular formula is C20H24N4O. The van der Waals surface area contributed by atoms with Gasteiger partial charge in [0, 0.05) is 31.7 Å². The molecule has 0 aromatic carbocycles. The summed E-state index contributed by atoms with van der Waals surface area (Å²) >= 11 is 0. The molecule has 0 fully saturated rings. The van der Waals surface area contributed by atoms with Crippen molar-refractivity contribution in [1.29, 1.82) is 0 Å². The summed E-state index contributed by atoms with van der Waals surface area (Å²) < 4.78 is 0. The number of anilines is 1. The lowest BCUT2D eigenvalue weighted by molar-refractivity contribution is 0.0950. The van der Waals surface area contributed by atoms with Crippen LogP contribution in [0.5, 0.6) is 0 Å². The maximum atomic E-state index is 12.2. The van der Waals surface area contributed by atoms with Crippen molar-refractivity contribution in [2.75, 3.05) is 11.9 Å². The Morgan fingerprint density at radius 2 is 2.00 bits per heavy atom. The highest BCUT2D eigenvalue weighted by Crippen LogP contribution is 2.19. The van der Waals surface area contributed by atoms with Crippen LogP contribution in [-0.4, -0.2) is 22.4 Å². The van der Waals surface area contributed by atoms with Gasteiger partial charge in [-0.1, -0.05) is 11.6 Å². The normalized spacial score (nSPS) is 13.8. The number of allylic oxidation sites excluding steroid dienone is 1. The van der Waals surface area contributed by atoms with Gasteiger partial charge in [-0.05, 0) is 61.9 Å². The topological polar surface area (TPSA) is 66.9 Å². The molecule has 0 saturated heterocycles. The first-order valence-electron chi connectivity index (χ1n) is 8.86. The van der Waals surface area contributed by atoms with E-state index >= 15 is 0 Å². The van der Waals surface area contributed by atoms with Crippen molar-refractivity contribution in [2.45, 2.75) is 38.6 Å². The van der Waals surface area contributed by atoms with Gasteiger partial charge in [-0.15, -0.1) is 0 Å². The molecule has 0 bridgehead atoms. The fourth-order valence-electron chi connectivity index (χ4n) is 2.90. The van der Waals surface area contributed by atoms with Crippen molar-refractivity contribution < 1.29 is 4.79 Å². The molecule has 25 heavy (non-hydrogen) atoms. The van der Waals surface area contributed by atoms with E-state index in [4.69, 9.17) is 0 Å². The number of hydrogen-bond donors (Lipinski definition) is 2. The first kappa shape index (κ1) is 17.1. The maximum absolute atomic E-state index is 12.2. The van der Waals surface area contributed by atoms with Crippen LogP contribution < -0.4 is 10.6 Å². The van der Waals surface area contributed by atoms with Crippen molar-refractivity contribution in [1.82, 2.24) is 15.3 Å². The number of rotatable bonds is 7. The van der Waals surface area contributed by atoms with Gasteiger partial charge in [0.15, 0.2) is 0 Å². The fourth-order valence-corrected chi connectivity index (χ4v) is 2.90. The van der Waals surface area contributed by atoms with E-state index in [0.29, 0.717) is 12.1 Å². The van der Waals surface area contributed by atoms with Crippen LogP contribution in [0.2, 0.25) is 0 Å². The Morgan fingerprint density at radius 3 is 2.72 bits per heavy atom. The zero-order chi connectivity index (χ0) is 17.3. The first-order chi connectivity index (χ1) is 12.3. The standard InChI is InChI=1S/C20H24N4O/c25-20(24-14-17-8-11-21-12-9-17)18-6-7-19(23-15-18)22-13-10-16-4-2-1-3-5-16/h4,6-9,11-12,15H,1-3,5,10,13-14H2,(H,22,23)(H,24,25). The van der Waals surface area contributed by atoms with Gasteiger partial charge in [-0.3, -0.25) is 9.78 Å². The lowest BCUT2D eigenvalue weighted by Crippen LogP contribution is -2.23. The lowest BCUT2D eigenvalue weighted by atomic mass is 9.97. The molecule has 5 heteroatoms. The van der Waals surface area contributed by atoms with Crippen molar-refractivity contribution in [2.24, 2.45) is 0 Å². The maximum Gasteiger partial charge on any atom is 0.253 e. The summed E-state index contributed by atoms with van der Waals surface area (Å²) in [5.41, 5.74) is 3.13. The molecule has 1 amide bonds. The van der Waals surface area contributed by atoms with Crippen LogP contribution in [0.3, 0.4) is 0 Å². The number of pyridine rings is 2. The van der Waals surface area contributed by atoms with E-state index in [9.17, 15) is 4.79 Å². The second-order valence-corrected chi connectivity index (χ2v) is 6.26. The average molecular weight is 336 g/mol. The summed E-state index contributed by atoms with van der Waals surface area (Å²) in [6, 6.07) is 7.42. The van der Waals surface area contributed by atoms with Gasteiger partial charge in [0.25, 0.3) is 5.91 Å². The van der Waals surface area contributed by atoms with Gasteiger partial charge < -0.3 is 10.6 Å². The zero-order valence-electron chi connectivity index (χ0n) is 14.4. The SMILES string of the molecule is O=C(NCc1ccncc1)c1ccc(NCCC2=CCCCC2)nc1. The van der Waals surface area contributed by atoms with E-state index in [0.717, 1.165) is 24.3 Å². The van der Waals surface area contributed by atoms with Gasteiger partial charge in [0.05, 0.1) is 5.56 Å². The molecule has 130 valence electrons. The summed E-state index contributed by atoms with van der Waals surface area (Å²) in [6.45, 7) is 1.36. The number of amides is 1. The molecule has 2 N–H and O–H groups in total. The van der Waals surface area contributed by atoms with Crippen LogP contribution >= 0.6 is 0 Å². The molecule has 2 aromatic heterocycles. The van der Waals surface area contributed by atoms with Crippen LogP contribution in [-0.2, 0) is 6.54 Å². The van der Waals surface area contributed by atoms with E-state index < -0.39 is 0 Å². The molecule has 5 nitrogen and oxygen atoms in total. The fraction of sp³-hybridized carbons (Fsp3) is 0.350. The molecule has 0 aliphatic heterocycles. The highest BCUT2D eigenvalue weighted by molar-refractivity contribution is 5.93. The van der Waals surface area contributed by atoms with Crippen LogP contribution in [0.1, 0.15) is 48.0 Å². The minimum atomic E-state index is -0.122. The molecule has 0 saturated carbocycles. The molecule has 0 unspecified atom stereocenters. The smallest absolute Gasteiger partial charge is 0.253 e. The molecule has 2 heterocycles. The van der Waals surface area contributed by atoms with Crippen molar-refractivity contribution in [3.05, 3.63) is 65.6 Å². The van der Waals surface area contributed by atoms with Gasteiger partial charge in [0.1, 0.15) is 5.82 Å². The van der Waals surface area contributed by atoms with Crippen LogP contribution in [0.15, 0.2) is 54.5 Å². The number of hydrogen-bond acceptors (Lipinski definition) is 4. The quantitative estimate of drug-likeness (QED) is 0.757. The summed E-state index contributed by atoms with van der Waals surface area (Å²) in [5, 5.41) is 6.21. The number of aromatic nitrogens is 2. The first-order valence-corrected chi connectivity index (χ1v) is 8.86. The number of carbonyl (C=O) groups is 1. The third-order valence-corrected chi connectivity index (χ3v) is 4.37. The van der Waals surface area contributed by atoms with Gasteiger partial charge in [0.2, 0.25) is 0 Å². The molecule has 0 radical (unpaired) electrons. The predicted molar refractivity (Wildman–Crippen MR) is 99.3 cm³/mol. The van der Waals surface area contributed by atoms with E-state index in [2.05, 4.69) is 26.7 Å². The minimum absolute atomic E-state index is 0.122. The third kappa shape index (κ3) is 5.41. The highest BCUT2D eigenvalue weighted by Gasteiger charge is 2.07. The molecular weight excluding hydrogens is 312 g/mol. The van der Waals surface area contributed by atoms with Gasteiger partial charge in [-0.25, -0.2) is 4.98 Å². The van der Waals surface area contributed by atoms with Crippen molar-refractivity contribution in [3.63, 3.8) is 0 Å². The Labute approximate surface area is 148 Å². The summed E-state index contributed by atoms with van der Waals surface area (Å²) in [6.07, 6.45) is 13.6. The third-order valence-electron chi connectivity index (χ3n) is 4.37. The number of nitrogens with one attached hydrogen (secondary N) is 2. The monoisotopic (exact) mass is 336 g/mol. The molecule has 0 atom stereocenters. The van der Waals surface area contributed by atoms with E-state index in [-0.39, 0.29) is 5.91 Å². The van der Waals surface area contributed by atoms with Gasteiger partial charge >= 0.3 is 0 Å². The molecule has 3 rings (SSSR count). The molecule has 2 aromatic rings. The Kier molecular flexibility index (Phi) is 6.15. The number of carbonyl (C=O) groups excluding carboxylic acids is 1. The Morgan fingerprint density at radius 1 is 1.12 bits per heavy atom. The lowest BCUT2D eigenvalue weighted by Gasteiger charge is -2.13. The molecule has 1 aliphatic carbocycles. The molecule has 1 aliphatic rings. The number of nitrogens with zero attached hydrogens (tertiary/aromatic N) is 2. The van der Waals surface area contributed by atoms with Crippen LogP contribution in [0.4, 0.5) is 5.82 Å². The Hall–Kier alpha value is -2.69. The molecule has 0 spiro atoms. The second-order valence-electron chi connectivity index (χ2n) is 6.26. The zero-order valence-corrected chi connectivity index (χ0v) is 14.4. The van der Waals surface area contributed by atoms with E-state index in [1.165, 1.54) is 25.7 Å². The van der Waals surface area contributed by atoms with Crippen LogP contribution in [0.25, 0.3) is 0 Å². The highest BCUT2D eigenvalue weighted by atomic mass is 16.1. The minimum Gasteiger partial charge on any atom is -0.370 e. The summed E-state index contributed by atoms with van der Waals surface area (Å²) in [5.74, 6) is 0.685. The average Bonchev–Trinajstić information content (AvgIpc) is 2.68. The van der Waals surface area contributed by atoms with Crippen molar-refractivity contribution in [3.8, 4) is 0 Å². The van der Waals surface area contributed by atoms with E-state index in [1.54, 1.807) is 30.2 Å². The van der Waals surface area contributed by atoms with Crippen LogP contribution in [0, 0.1) is 0 Å². The van der Waals surface area contributed by atoms with Crippen molar-refractivity contribution >= 4 is 11.7 Å². The Balaban J connectivity index is 1.44. The Bertz CT molecular complexity index is 710. The summed E-state index contributed by atoms with van der Waals surface area (Å²) in [4.78, 5) is 20.5. The second kappa shape index (κ2) is 8.97. The summed E-state index contributed by atoms with van der Waals surface area (Å²) in [7, 11) is 0. The predicted octanol–water partition coefficient (Wildman–Crippen LogP) is 3.71. The van der Waals surface area contributed by atoms with E-state index in [1.807, 2.05) is 18.2 Å². The largest absolute Gasteiger partial charge is 0.370 e. The van der Waals surface area contributed by atoms with Gasteiger partial charge in [-0.2, -0.15) is 0 Å².